The number of carboxylic acid groups (broad SMARTS) is 1. The molecule has 0 unspecified atom stereocenters. The SMILES string of the molecule is C[C@H](NC(=O)/C(=C/c1cccc([N+](=O)[O-])c1)NC(=O)c1ccc(Br)cc1)C(=O)O. The van der Waals surface area contributed by atoms with Crippen LogP contribution in [0, 0.1) is 10.1 Å². The molecule has 0 saturated carbocycles. The third-order valence-corrected chi connectivity index (χ3v) is 4.24. The van der Waals surface area contributed by atoms with E-state index in [4.69, 9.17) is 5.11 Å². The van der Waals surface area contributed by atoms with Gasteiger partial charge in [-0.25, -0.2) is 0 Å². The van der Waals surface area contributed by atoms with E-state index in [9.17, 15) is 24.5 Å². The van der Waals surface area contributed by atoms with Crippen molar-refractivity contribution in [3.8, 4) is 0 Å². The molecule has 0 spiro atoms. The number of amides is 2. The molecule has 9 nitrogen and oxygen atoms in total. The highest BCUT2D eigenvalue weighted by molar-refractivity contribution is 9.10. The van der Waals surface area contributed by atoms with Crippen molar-refractivity contribution in [3.63, 3.8) is 0 Å². The summed E-state index contributed by atoms with van der Waals surface area (Å²) in [5, 5.41) is 24.6. The van der Waals surface area contributed by atoms with Crippen LogP contribution in [0.25, 0.3) is 6.08 Å². The molecular weight excluding hydrogens is 446 g/mol. The monoisotopic (exact) mass is 461 g/mol. The molecule has 29 heavy (non-hydrogen) atoms. The summed E-state index contributed by atoms with van der Waals surface area (Å²) in [6.07, 6.45) is 1.23. The molecule has 3 N–H and O–H groups in total. The number of carboxylic acids is 1. The molecule has 0 saturated heterocycles. The predicted molar refractivity (Wildman–Crippen MR) is 108 cm³/mol. The first kappa shape index (κ1) is 21.8. The first-order chi connectivity index (χ1) is 13.7. The van der Waals surface area contributed by atoms with Crippen LogP contribution >= 0.6 is 15.9 Å². The number of nitrogens with zero attached hydrogens (tertiary/aromatic N) is 1. The quantitative estimate of drug-likeness (QED) is 0.329. The Labute approximate surface area is 173 Å². The van der Waals surface area contributed by atoms with Crippen LogP contribution in [0.1, 0.15) is 22.8 Å². The van der Waals surface area contributed by atoms with Crippen LogP contribution in [0.3, 0.4) is 0 Å². The fraction of sp³-hybridized carbons (Fsp3) is 0.105. The average molecular weight is 462 g/mol. The number of hydrogen-bond donors (Lipinski definition) is 3. The number of carbonyl (C=O) groups excluding carboxylic acids is 2. The van der Waals surface area contributed by atoms with E-state index < -0.39 is 28.7 Å². The summed E-state index contributed by atoms with van der Waals surface area (Å²) in [6, 6.07) is 10.6. The molecule has 2 aromatic rings. The van der Waals surface area contributed by atoms with Crippen molar-refractivity contribution in [2.75, 3.05) is 0 Å². The maximum Gasteiger partial charge on any atom is 0.325 e. The van der Waals surface area contributed by atoms with Crippen molar-refractivity contribution in [2.45, 2.75) is 13.0 Å². The number of carbonyl (C=O) groups is 3. The summed E-state index contributed by atoms with van der Waals surface area (Å²) in [6.45, 7) is 1.27. The minimum atomic E-state index is -1.26. The number of aliphatic carboxylic acids is 1. The van der Waals surface area contributed by atoms with Gasteiger partial charge in [-0.3, -0.25) is 24.5 Å². The molecular formula is C19H16BrN3O6. The maximum absolute atomic E-state index is 12.5. The van der Waals surface area contributed by atoms with E-state index in [1.54, 1.807) is 12.1 Å². The molecule has 1 atom stereocenters. The zero-order valence-corrected chi connectivity index (χ0v) is 16.7. The lowest BCUT2D eigenvalue weighted by molar-refractivity contribution is -0.384. The Morgan fingerprint density at radius 3 is 2.41 bits per heavy atom. The third-order valence-electron chi connectivity index (χ3n) is 3.71. The van der Waals surface area contributed by atoms with E-state index in [1.807, 2.05) is 0 Å². The molecule has 2 amide bonds. The van der Waals surface area contributed by atoms with Crippen molar-refractivity contribution in [3.05, 3.63) is 79.9 Å². The van der Waals surface area contributed by atoms with Gasteiger partial charge in [0.15, 0.2) is 0 Å². The second kappa shape index (κ2) is 9.60. The molecule has 0 radical (unpaired) electrons. The summed E-state index contributed by atoms with van der Waals surface area (Å²) in [5.41, 5.74) is 0.0869. The standard InChI is InChI=1S/C19H16BrN3O6/c1-11(19(26)27)21-18(25)16(10-12-3-2-4-15(9-12)23(28)29)22-17(24)13-5-7-14(20)8-6-13/h2-11H,1H3,(H,21,25)(H,22,24)(H,26,27)/b16-10-/t11-/m0/s1. The van der Waals surface area contributed by atoms with Crippen molar-refractivity contribution in [2.24, 2.45) is 0 Å². The van der Waals surface area contributed by atoms with Gasteiger partial charge in [-0.1, -0.05) is 28.1 Å². The molecule has 150 valence electrons. The van der Waals surface area contributed by atoms with E-state index in [0.29, 0.717) is 0 Å². The molecule has 0 aliphatic heterocycles. The normalized spacial score (nSPS) is 12.0. The van der Waals surface area contributed by atoms with Crippen LogP contribution in [0.15, 0.2) is 58.7 Å². The molecule has 0 bridgehead atoms. The van der Waals surface area contributed by atoms with Gasteiger partial charge in [0.25, 0.3) is 17.5 Å². The Hall–Kier alpha value is -3.53. The molecule has 0 aliphatic rings. The fourth-order valence-electron chi connectivity index (χ4n) is 2.19. The molecule has 2 aromatic carbocycles. The van der Waals surface area contributed by atoms with Gasteiger partial charge in [-0.2, -0.15) is 0 Å². The van der Waals surface area contributed by atoms with Crippen LogP contribution in [0.4, 0.5) is 5.69 Å². The van der Waals surface area contributed by atoms with Gasteiger partial charge in [0.1, 0.15) is 11.7 Å². The van der Waals surface area contributed by atoms with E-state index in [-0.39, 0.29) is 22.5 Å². The van der Waals surface area contributed by atoms with Gasteiger partial charge in [-0.05, 0) is 42.8 Å². The van der Waals surface area contributed by atoms with Gasteiger partial charge < -0.3 is 15.7 Å². The summed E-state index contributed by atoms with van der Waals surface area (Å²) < 4.78 is 0.759. The smallest absolute Gasteiger partial charge is 0.325 e. The summed E-state index contributed by atoms with van der Waals surface area (Å²) in [7, 11) is 0. The predicted octanol–water partition coefficient (Wildman–Crippen LogP) is 2.72. The highest BCUT2D eigenvalue weighted by Crippen LogP contribution is 2.16. The number of hydrogen-bond acceptors (Lipinski definition) is 5. The van der Waals surface area contributed by atoms with Crippen LogP contribution in [0.2, 0.25) is 0 Å². The van der Waals surface area contributed by atoms with Gasteiger partial charge in [0, 0.05) is 22.2 Å². The number of non-ortho nitro benzene ring substituents is 1. The van der Waals surface area contributed by atoms with E-state index in [0.717, 1.165) is 4.47 Å². The Balaban J connectivity index is 2.36. The second-order valence-electron chi connectivity index (χ2n) is 5.90. The molecule has 2 rings (SSSR count). The molecule has 10 heteroatoms. The van der Waals surface area contributed by atoms with Gasteiger partial charge in [0.2, 0.25) is 0 Å². The van der Waals surface area contributed by atoms with E-state index in [2.05, 4.69) is 26.6 Å². The average Bonchev–Trinajstić information content (AvgIpc) is 2.67. The van der Waals surface area contributed by atoms with Crippen LogP contribution in [0.5, 0.6) is 0 Å². The van der Waals surface area contributed by atoms with Crippen molar-refractivity contribution >= 4 is 45.5 Å². The number of nitro benzene ring substituents is 1. The lowest BCUT2D eigenvalue weighted by atomic mass is 10.1. The Morgan fingerprint density at radius 2 is 1.83 bits per heavy atom. The maximum atomic E-state index is 12.5. The fourth-order valence-corrected chi connectivity index (χ4v) is 2.45. The molecule has 0 heterocycles. The Morgan fingerprint density at radius 1 is 1.17 bits per heavy atom. The first-order valence-corrected chi connectivity index (χ1v) is 9.03. The second-order valence-corrected chi connectivity index (χ2v) is 6.82. The Kier molecular flexibility index (Phi) is 7.21. The minimum absolute atomic E-state index is 0.198. The van der Waals surface area contributed by atoms with Gasteiger partial charge in [0.05, 0.1) is 4.92 Å². The van der Waals surface area contributed by atoms with E-state index in [1.165, 1.54) is 49.4 Å². The summed E-state index contributed by atoms with van der Waals surface area (Å²) in [4.78, 5) is 46.4. The lowest BCUT2D eigenvalue weighted by Crippen LogP contribution is -2.42. The van der Waals surface area contributed by atoms with Gasteiger partial charge in [-0.15, -0.1) is 0 Å². The van der Waals surface area contributed by atoms with Crippen molar-refractivity contribution < 1.29 is 24.4 Å². The number of nitrogens with one attached hydrogen (secondary N) is 2. The highest BCUT2D eigenvalue weighted by Gasteiger charge is 2.20. The number of rotatable bonds is 7. The van der Waals surface area contributed by atoms with Crippen LogP contribution in [-0.2, 0) is 9.59 Å². The zero-order valence-electron chi connectivity index (χ0n) is 15.1. The Bertz CT molecular complexity index is 988. The molecule has 0 aromatic heterocycles. The van der Waals surface area contributed by atoms with E-state index >= 15 is 0 Å². The lowest BCUT2D eigenvalue weighted by Gasteiger charge is -2.13. The summed E-state index contributed by atoms with van der Waals surface area (Å²) >= 11 is 3.25. The highest BCUT2D eigenvalue weighted by atomic mass is 79.9. The van der Waals surface area contributed by atoms with Gasteiger partial charge >= 0.3 is 5.97 Å². The first-order valence-electron chi connectivity index (χ1n) is 8.24. The molecule has 0 fully saturated rings. The minimum Gasteiger partial charge on any atom is -0.480 e. The summed E-state index contributed by atoms with van der Waals surface area (Å²) in [5.74, 6) is -2.71. The largest absolute Gasteiger partial charge is 0.480 e. The molecule has 0 aliphatic carbocycles. The number of nitro groups is 1. The van der Waals surface area contributed by atoms with Crippen molar-refractivity contribution in [1.29, 1.82) is 0 Å². The number of benzene rings is 2. The van der Waals surface area contributed by atoms with Crippen LogP contribution < -0.4 is 10.6 Å². The number of halogens is 1. The topological polar surface area (TPSA) is 139 Å². The van der Waals surface area contributed by atoms with Crippen LogP contribution in [-0.4, -0.2) is 33.9 Å². The zero-order chi connectivity index (χ0) is 21.6. The third kappa shape index (κ3) is 6.25. The van der Waals surface area contributed by atoms with Crippen molar-refractivity contribution in [1.82, 2.24) is 10.6 Å².